The van der Waals surface area contributed by atoms with Gasteiger partial charge in [0.25, 0.3) is 0 Å². The Balaban J connectivity index is 1.88. The van der Waals surface area contributed by atoms with Crippen LogP contribution in [0, 0.1) is 0 Å². The molecule has 0 radical (unpaired) electrons. The summed E-state index contributed by atoms with van der Waals surface area (Å²) in [5, 5.41) is 14.1. The van der Waals surface area contributed by atoms with E-state index < -0.39 is 6.10 Å². The SMILES string of the molecule is COCC(O)CCNc1nc(-c2ccccc2)nc2ccccc12. The van der Waals surface area contributed by atoms with Crippen LogP contribution in [0.25, 0.3) is 22.3 Å². The number of aliphatic hydroxyl groups excluding tert-OH is 1. The standard InChI is InChI=1S/C19H21N3O2/c1-24-13-15(23)11-12-20-19-16-9-5-6-10-17(16)21-18(22-19)14-7-3-2-4-8-14/h2-10,15,23H,11-13H2,1H3,(H,20,21,22). The van der Waals surface area contributed by atoms with E-state index in [2.05, 4.69) is 15.3 Å². The number of hydrogen-bond donors (Lipinski definition) is 2. The van der Waals surface area contributed by atoms with Crippen molar-refractivity contribution in [3.05, 3.63) is 54.6 Å². The summed E-state index contributed by atoms with van der Waals surface area (Å²) in [5.74, 6) is 1.47. The van der Waals surface area contributed by atoms with Crippen molar-refractivity contribution in [1.29, 1.82) is 0 Å². The molecule has 2 N–H and O–H groups in total. The van der Waals surface area contributed by atoms with Crippen molar-refractivity contribution in [3.8, 4) is 11.4 Å². The number of aliphatic hydroxyl groups is 1. The van der Waals surface area contributed by atoms with Gasteiger partial charge in [-0.25, -0.2) is 9.97 Å². The molecule has 1 heterocycles. The number of benzene rings is 2. The Morgan fingerprint density at radius 3 is 2.58 bits per heavy atom. The molecule has 1 atom stereocenters. The molecule has 1 unspecified atom stereocenters. The van der Waals surface area contributed by atoms with Gasteiger partial charge in [-0.1, -0.05) is 42.5 Å². The molecule has 0 aliphatic heterocycles. The van der Waals surface area contributed by atoms with Crippen molar-refractivity contribution in [3.63, 3.8) is 0 Å². The lowest BCUT2D eigenvalue weighted by Gasteiger charge is -2.13. The van der Waals surface area contributed by atoms with Crippen LogP contribution in [0.4, 0.5) is 5.82 Å². The Morgan fingerprint density at radius 2 is 1.79 bits per heavy atom. The van der Waals surface area contributed by atoms with Gasteiger partial charge in [0, 0.05) is 24.6 Å². The first kappa shape index (κ1) is 16.4. The highest BCUT2D eigenvalue weighted by Gasteiger charge is 2.10. The van der Waals surface area contributed by atoms with E-state index in [-0.39, 0.29) is 0 Å². The van der Waals surface area contributed by atoms with Crippen molar-refractivity contribution in [1.82, 2.24) is 9.97 Å². The Morgan fingerprint density at radius 1 is 1.04 bits per heavy atom. The summed E-state index contributed by atoms with van der Waals surface area (Å²) in [6.45, 7) is 0.946. The summed E-state index contributed by atoms with van der Waals surface area (Å²) in [4.78, 5) is 9.34. The van der Waals surface area contributed by atoms with Crippen LogP contribution in [0.5, 0.6) is 0 Å². The lowest BCUT2D eigenvalue weighted by atomic mass is 10.2. The molecule has 24 heavy (non-hydrogen) atoms. The number of methoxy groups -OCH3 is 1. The van der Waals surface area contributed by atoms with Gasteiger partial charge < -0.3 is 15.2 Å². The second-order valence-electron chi connectivity index (χ2n) is 5.60. The summed E-state index contributed by atoms with van der Waals surface area (Å²) in [7, 11) is 1.58. The molecule has 5 heteroatoms. The fourth-order valence-electron chi connectivity index (χ4n) is 2.56. The minimum atomic E-state index is -0.482. The zero-order chi connectivity index (χ0) is 16.8. The van der Waals surface area contributed by atoms with Crippen LogP contribution in [0.3, 0.4) is 0 Å². The van der Waals surface area contributed by atoms with E-state index in [1.807, 2.05) is 54.6 Å². The summed E-state index contributed by atoms with van der Waals surface area (Å²) in [6.07, 6.45) is 0.108. The van der Waals surface area contributed by atoms with E-state index in [0.29, 0.717) is 25.4 Å². The molecule has 1 aromatic heterocycles. The third-order valence-corrected chi connectivity index (χ3v) is 3.76. The molecule has 0 spiro atoms. The summed E-state index contributed by atoms with van der Waals surface area (Å²) in [6, 6.07) is 17.8. The van der Waals surface area contributed by atoms with Gasteiger partial charge in [-0.3, -0.25) is 0 Å². The predicted molar refractivity (Wildman–Crippen MR) is 96.0 cm³/mol. The number of fused-ring (bicyclic) bond motifs is 1. The van der Waals surface area contributed by atoms with E-state index in [0.717, 1.165) is 22.3 Å². The second-order valence-corrected chi connectivity index (χ2v) is 5.60. The zero-order valence-electron chi connectivity index (χ0n) is 13.6. The fourth-order valence-corrected chi connectivity index (χ4v) is 2.56. The fraction of sp³-hybridized carbons (Fsp3) is 0.263. The van der Waals surface area contributed by atoms with E-state index in [4.69, 9.17) is 4.74 Å². The van der Waals surface area contributed by atoms with Crippen LogP contribution in [0.15, 0.2) is 54.6 Å². The summed E-state index contributed by atoms with van der Waals surface area (Å²) >= 11 is 0. The highest BCUT2D eigenvalue weighted by molar-refractivity contribution is 5.90. The average molecular weight is 323 g/mol. The van der Waals surface area contributed by atoms with Gasteiger partial charge in [-0.2, -0.15) is 0 Å². The number of anilines is 1. The molecule has 0 aliphatic rings. The highest BCUT2D eigenvalue weighted by Crippen LogP contribution is 2.24. The zero-order valence-corrected chi connectivity index (χ0v) is 13.6. The van der Waals surface area contributed by atoms with Gasteiger partial charge in [0.1, 0.15) is 5.82 Å². The van der Waals surface area contributed by atoms with E-state index in [9.17, 15) is 5.11 Å². The molecule has 5 nitrogen and oxygen atoms in total. The van der Waals surface area contributed by atoms with Gasteiger partial charge >= 0.3 is 0 Å². The second kappa shape index (κ2) is 7.86. The molecule has 0 amide bonds. The summed E-state index contributed by atoms with van der Waals surface area (Å²) < 4.78 is 4.95. The number of hydrogen-bond acceptors (Lipinski definition) is 5. The summed E-state index contributed by atoms with van der Waals surface area (Å²) in [5.41, 5.74) is 1.87. The quantitative estimate of drug-likeness (QED) is 0.699. The third kappa shape index (κ3) is 3.88. The van der Waals surface area contributed by atoms with Crippen molar-refractivity contribution in [2.75, 3.05) is 25.6 Å². The first-order valence-electron chi connectivity index (χ1n) is 8.01. The van der Waals surface area contributed by atoms with E-state index in [1.54, 1.807) is 7.11 Å². The van der Waals surface area contributed by atoms with Crippen LogP contribution in [-0.4, -0.2) is 41.4 Å². The minimum absolute atomic E-state index is 0.335. The van der Waals surface area contributed by atoms with Gasteiger partial charge in [0.2, 0.25) is 0 Å². The number of ether oxygens (including phenoxy) is 1. The van der Waals surface area contributed by atoms with E-state index in [1.165, 1.54) is 0 Å². The predicted octanol–water partition coefficient (Wildman–Crippen LogP) is 3.11. The number of aromatic nitrogens is 2. The maximum absolute atomic E-state index is 9.78. The van der Waals surface area contributed by atoms with Gasteiger partial charge in [0.15, 0.2) is 5.82 Å². The number of para-hydroxylation sites is 1. The number of nitrogens with one attached hydrogen (secondary N) is 1. The van der Waals surface area contributed by atoms with Crippen LogP contribution in [-0.2, 0) is 4.74 Å². The third-order valence-electron chi connectivity index (χ3n) is 3.76. The first-order valence-corrected chi connectivity index (χ1v) is 8.01. The topological polar surface area (TPSA) is 67.3 Å². The highest BCUT2D eigenvalue weighted by atomic mass is 16.5. The van der Waals surface area contributed by atoms with Crippen LogP contribution >= 0.6 is 0 Å². The Hall–Kier alpha value is -2.50. The maximum Gasteiger partial charge on any atom is 0.162 e. The lowest BCUT2D eigenvalue weighted by Crippen LogP contribution is -2.18. The Kier molecular flexibility index (Phi) is 5.36. The molecule has 2 aromatic carbocycles. The Labute approximate surface area is 141 Å². The average Bonchev–Trinajstić information content (AvgIpc) is 2.62. The molecule has 0 saturated carbocycles. The van der Waals surface area contributed by atoms with E-state index >= 15 is 0 Å². The van der Waals surface area contributed by atoms with Gasteiger partial charge in [-0.15, -0.1) is 0 Å². The van der Waals surface area contributed by atoms with Crippen LogP contribution in [0.1, 0.15) is 6.42 Å². The Bertz CT molecular complexity index is 793. The van der Waals surface area contributed by atoms with Gasteiger partial charge in [-0.05, 0) is 18.6 Å². The molecule has 0 saturated heterocycles. The monoisotopic (exact) mass is 323 g/mol. The van der Waals surface area contributed by atoms with Crippen molar-refractivity contribution >= 4 is 16.7 Å². The molecular formula is C19H21N3O2. The maximum atomic E-state index is 9.78. The molecule has 0 fully saturated rings. The smallest absolute Gasteiger partial charge is 0.162 e. The molecule has 0 bridgehead atoms. The normalized spacial score (nSPS) is 12.2. The van der Waals surface area contributed by atoms with Crippen LogP contribution in [0.2, 0.25) is 0 Å². The minimum Gasteiger partial charge on any atom is -0.391 e. The largest absolute Gasteiger partial charge is 0.391 e. The number of nitrogens with zero attached hydrogens (tertiary/aromatic N) is 2. The van der Waals surface area contributed by atoms with Crippen molar-refractivity contribution in [2.24, 2.45) is 0 Å². The van der Waals surface area contributed by atoms with Gasteiger partial charge in [0.05, 0.1) is 18.2 Å². The first-order chi connectivity index (χ1) is 11.8. The number of rotatable bonds is 7. The lowest BCUT2D eigenvalue weighted by molar-refractivity contribution is 0.0615. The molecule has 0 aliphatic carbocycles. The van der Waals surface area contributed by atoms with Crippen molar-refractivity contribution in [2.45, 2.75) is 12.5 Å². The molecule has 3 rings (SSSR count). The van der Waals surface area contributed by atoms with Crippen molar-refractivity contribution < 1.29 is 9.84 Å². The molecule has 3 aromatic rings. The molecular weight excluding hydrogens is 302 g/mol. The van der Waals surface area contributed by atoms with Crippen LogP contribution < -0.4 is 5.32 Å². The molecule has 124 valence electrons.